The van der Waals surface area contributed by atoms with Crippen molar-refractivity contribution in [3.05, 3.63) is 24.3 Å². The standard InChI is InChI=1S/C15H21NO3/c1-4-19-12-7-5-11(6-8-12)16-10-9-13(14(17)18)15(16,2)3/h5-8,13H,4,9-10H2,1-3H3,(H,17,18). The maximum atomic E-state index is 11.3. The molecule has 1 unspecified atom stereocenters. The van der Waals surface area contributed by atoms with E-state index in [2.05, 4.69) is 4.90 Å². The second kappa shape index (κ2) is 5.11. The number of hydrogen-bond donors (Lipinski definition) is 1. The van der Waals surface area contributed by atoms with Gasteiger partial charge in [0.05, 0.1) is 12.5 Å². The number of nitrogens with zero attached hydrogens (tertiary/aromatic N) is 1. The third kappa shape index (κ3) is 2.53. The number of benzene rings is 1. The van der Waals surface area contributed by atoms with Crippen LogP contribution in [-0.4, -0.2) is 29.8 Å². The average molecular weight is 263 g/mol. The zero-order valence-corrected chi connectivity index (χ0v) is 11.7. The molecule has 0 aliphatic carbocycles. The fourth-order valence-electron chi connectivity index (χ4n) is 2.86. The largest absolute Gasteiger partial charge is 0.494 e. The highest BCUT2D eigenvalue weighted by Crippen LogP contribution is 2.38. The van der Waals surface area contributed by atoms with E-state index in [1.165, 1.54) is 0 Å². The van der Waals surface area contributed by atoms with Gasteiger partial charge < -0.3 is 14.7 Å². The Kier molecular flexibility index (Phi) is 3.69. The molecular formula is C15H21NO3. The van der Waals surface area contributed by atoms with Gasteiger partial charge in [-0.2, -0.15) is 0 Å². The lowest BCUT2D eigenvalue weighted by molar-refractivity contribution is -0.142. The molecular weight excluding hydrogens is 242 g/mol. The molecule has 1 N–H and O–H groups in total. The molecule has 1 aromatic carbocycles. The Morgan fingerprint density at radius 1 is 1.42 bits per heavy atom. The highest BCUT2D eigenvalue weighted by atomic mass is 16.5. The van der Waals surface area contributed by atoms with Crippen molar-refractivity contribution in [1.29, 1.82) is 0 Å². The Balaban J connectivity index is 2.20. The summed E-state index contributed by atoms with van der Waals surface area (Å²) in [4.78, 5) is 13.5. The van der Waals surface area contributed by atoms with Gasteiger partial charge in [0.15, 0.2) is 0 Å². The van der Waals surface area contributed by atoms with Crippen LogP contribution in [0.4, 0.5) is 5.69 Å². The normalized spacial score (nSPS) is 21.4. The molecule has 0 bridgehead atoms. The van der Waals surface area contributed by atoms with Crippen molar-refractivity contribution >= 4 is 11.7 Å². The second-order valence-corrected chi connectivity index (χ2v) is 5.41. The summed E-state index contributed by atoms with van der Waals surface area (Å²) in [5, 5.41) is 9.28. The zero-order valence-electron chi connectivity index (χ0n) is 11.7. The minimum atomic E-state index is -0.710. The quantitative estimate of drug-likeness (QED) is 0.907. The van der Waals surface area contributed by atoms with E-state index in [-0.39, 0.29) is 11.5 Å². The van der Waals surface area contributed by atoms with Crippen molar-refractivity contribution in [2.75, 3.05) is 18.1 Å². The number of carbonyl (C=O) groups is 1. The number of rotatable bonds is 4. The van der Waals surface area contributed by atoms with Crippen LogP contribution in [0.5, 0.6) is 5.75 Å². The first-order chi connectivity index (χ1) is 8.96. The van der Waals surface area contributed by atoms with E-state index in [1.54, 1.807) is 0 Å². The van der Waals surface area contributed by atoms with Gasteiger partial charge >= 0.3 is 5.97 Å². The summed E-state index contributed by atoms with van der Waals surface area (Å²) in [5.41, 5.74) is 0.691. The van der Waals surface area contributed by atoms with Crippen molar-refractivity contribution in [2.45, 2.75) is 32.7 Å². The topological polar surface area (TPSA) is 49.8 Å². The molecule has 19 heavy (non-hydrogen) atoms. The molecule has 0 saturated carbocycles. The van der Waals surface area contributed by atoms with Crippen LogP contribution in [-0.2, 0) is 4.79 Å². The lowest BCUT2D eigenvalue weighted by atomic mass is 9.88. The van der Waals surface area contributed by atoms with E-state index < -0.39 is 5.97 Å². The summed E-state index contributed by atoms with van der Waals surface area (Å²) in [6, 6.07) is 7.86. The monoisotopic (exact) mass is 263 g/mol. The van der Waals surface area contributed by atoms with Crippen molar-refractivity contribution in [2.24, 2.45) is 5.92 Å². The van der Waals surface area contributed by atoms with E-state index in [1.807, 2.05) is 45.0 Å². The fraction of sp³-hybridized carbons (Fsp3) is 0.533. The van der Waals surface area contributed by atoms with Crippen molar-refractivity contribution in [3.8, 4) is 5.75 Å². The Hall–Kier alpha value is -1.71. The van der Waals surface area contributed by atoms with Gasteiger partial charge in [0.25, 0.3) is 0 Å². The first kappa shape index (κ1) is 13.7. The molecule has 2 rings (SSSR count). The Morgan fingerprint density at radius 3 is 2.53 bits per heavy atom. The third-order valence-electron chi connectivity index (χ3n) is 3.95. The molecule has 1 atom stereocenters. The van der Waals surface area contributed by atoms with Crippen LogP contribution >= 0.6 is 0 Å². The van der Waals surface area contributed by atoms with Crippen LogP contribution in [0.15, 0.2) is 24.3 Å². The van der Waals surface area contributed by atoms with Gasteiger partial charge in [-0.05, 0) is 51.5 Å². The summed E-state index contributed by atoms with van der Waals surface area (Å²) in [7, 11) is 0. The molecule has 4 heteroatoms. The van der Waals surface area contributed by atoms with Crippen LogP contribution in [0.25, 0.3) is 0 Å². The fourth-order valence-corrected chi connectivity index (χ4v) is 2.86. The first-order valence-corrected chi connectivity index (χ1v) is 6.70. The average Bonchev–Trinajstić information content (AvgIpc) is 2.66. The molecule has 0 amide bonds. The summed E-state index contributed by atoms with van der Waals surface area (Å²) < 4.78 is 5.42. The molecule has 1 aromatic rings. The maximum Gasteiger partial charge on any atom is 0.308 e. The molecule has 0 spiro atoms. The molecule has 1 heterocycles. The molecule has 0 radical (unpaired) electrons. The summed E-state index contributed by atoms with van der Waals surface area (Å²) >= 11 is 0. The number of aliphatic carboxylic acids is 1. The van der Waals surface area contributed by atoms with Crippen LogP contribution in [0.1, 0.15) is 27.2 Å². The highest BCUT2D eigenvalue weighted by Gasteiger charge is 2.45. The molecule has 104 valence electrons. The number of carboxylic acids is 1. The van der Waals surface area contributed by atoms with Gasteiger partial charge in [-0.3, -0.25) is 4.79 Å². The van der Waals surface area contributed by atoms with E-state index in [0.717, 1.165) is 18.0 Å². The Labute approximate surface area is 114 Å². The summed E-state index contributed by atoms with van der Waals surface area (Å²) in [6.45, 7) is 7.37. The molecule has 0 aromatic heterocycles. The SMILES string of the molecule is CCOc1ccc(N2CCC(C(=O)O)C2(C)C)cc1. The van der Waals surface area contributed by atoms with Gasteiger partial charge in [-0.25, -0.2) is 0 Å². The van der Waals surface area contributed by atoms with Crippen LogP contribution in [0, 0.1) is 5.92 Å². The van der Waals surface area contributed by atoms with E-state index in [0.29, 0.717) is 13.0 Å². The van der Waals surface area contributed by atoms with Crippen LogP contribution in [0.3, 0.4) is 0 Å². The second-order valence-electron chi connectivity index (χ2n) is 5.41. The van der Waals surface area contributed by atoms with Gasteiger partial charge in [0.1, 0.15) is 5.75 Å². The molecule has 1 saturated heterocycles. The predicted molar refractivity (Wildman–Crippen MR) is 74.8 cm³/mol. The van der Waals surface area contributed by atoms with Crippen molar-refractivity contribution in [3.63, 3.8) is 0 Å². The van der Waals surface area contributed by atoms with Gasteiger partial charge in [0.2, 0.25) is 0 Å². The van der Waals surface area contributed by atoms with Crippen molar-refractivity contribution in [1.82, 2.24) is 0 Å². The molecule has 1 aliphatic rings. The zero-order chi connectivity index (χ0) is 14.0. The summed E-state index contributed by atoms with van der Waals surface area (Å²) in [5.74, 6) is -0.185. The van der Waals surface area contributed by atoms with E-state index in [4.69, 9.17) is 4.74 Å². The smallest absolute Gasteiger partial charge is 0.308 e. The molecule has 4 nitrogen and oxygen atoms in total. The Bertz CT molecular complexity index is 453. The lowest BCUT2D eigenvalue weighted by Gasteiger charge is -2.36. The van der Waals surface area contributed by atoms with Crippen molar-refractivity contribution < 1.29 is 14.6 Å². The van der Waals surface area contributed by atoms with Gasteiger partial charge in [-0.1, -0.05) is 0 Å². The number of anilines is 1. The number of hydrogen-bond acceptors (Lipinski definition) is 3. The van der Waals surface area contributed by atoms with Gasteiger partial charge in [0, 0.05) is 17.8 Å². The molecule has 1 aliphatic heterocycles. The van der Waals surface area contributed by atoms with E-state index >= 15 is 0 Å². The highest BCUT2D eigenvalue weighted by molar-refractivity contribution is 5.74. The number of carboxylic acid groups (broad SMARTS) is 1. The Morgan fingerprint density at radius 2 is 2.05 bits per heavy atom. The minimum absolute atomic E-state index is 0.320. The van der Waals surface area contributed by atoms with Gasteiger partial charge in [-0.15, -0.1) is 0 Å². The van der Waals surface area contributed by atoms with Crippen LogP contribution < -0.4 is 9.64 Å². The number of ether oxygens (including phenoxy) is 1. The summed E-state index contributed by atoms with van der Waals surface area (Å²) in [6.07, 6.45) is 0.690. The maximum absolute atomic E-state index is 11.3. The van der Waals surface area contributed by atoms with E-state index in [9.17, 15) is 9.90 Å². The lowest BCUT2D eigenvalue weighted by Crippen LogP contribution is -2.45. The van der Waals surface area contributed by atoms with Crippen LogP contribution in [0.2, 0.25) is 0 Å². The molecule has 1 fully saturated rings. The third-order valence-corrected chi connectivity index (χ3v) is 3.95. The first-order valence-electron chi connectivity index (χ1n) is 6.70. The predicted octanol–water partition coefficient (Wildman–Crippen LogP) is 2.77. The minimum Gasteiger partial charge on any atom is -0.494 e.